The van der Waals surface area contributed by atoms with Crippen molar-refractivity contribution in [3.63, 3.8) is 0 Å². The molecule has 1 saturated heterocycles. The predicted molar refractivity (Wildman–Crippen MR) is 89.9 cm³/mol. The third-order valence-corrected chi connectivity index (χ3v) is 4.15. The lowest BCUT2D eigenvalue weighted by Crippen LogP contribution is -2.50. The number of carbonyl (C=O) groups is 1. The number of anilines is 1. The molecular formula is C17H25N5O. The largest absolute Gasteiger partial charge is 0.354 e. The molecule has 1 amide bonds. The van der Waals surface area contributed by atoms with Crippen LogP contribution in [0.5, 0.6) is 0 Å². The highest BCUT2D eigenvalue weighted by molar-refractivity contribution is 5.78. The Morgan fingerprint density at radius 2 is 2.13 bits per heavy atom. The lowest BCUT2D eigenvalue weighted by molar-refractivity contribution is -0.132. The van der Waals surface area contributed by atoms with Crippen LogP contribution in [-0.2, 0) is 4.79 Å². The number of piperazine rings is 1. The molecule has 1 fully saturated rings. The number of aromatic nitrogens is 1. The van der Waals surface area contributed by atoms with Crippen molar-refractivity contribution in [2.45, 2.75) is 13.8 Å². The monoisotopic (exact) mass is 315 g/mol. The summed E-state index contributed by atoms with van der Waals surface area (Å²) in [6, 6.07) is 8.12. The van der Waals surface area contributed by atoms with E-state index in [0.29, 0.717) is 19.6 Å². The number of rotatable bonds is 6. The first-order valence-corrected chi connectivity index (χ1v) is 8.19. The van der Waals surface area contributed by atoms with Gasteiger partial charge in [0.1, 0.15) is 5.82 Å². The zero-order chi connectivity index (χ0) is 16.7. The summed E-state index contributed by atoms with van der Waals surface area (Å²) in [4.78, 5) is 23.0. The van der Waals surface area contributed by atoms with Crippen LogP contribution in [0.4, 0.5) is 5.82 Å². The van der Waals surface area contributed by atoms with Crippen LogP contribution in [0, 0.1) is 17.2 Å². The predicted octanol–water partition coefficient (Wildman–Crippen LogP) is 1.21. The number of nitriles is 1. The van der Waals surface area contributed by atoms with Crippen molar-refractivity contribution in [2.75, 3.05) is 50.7 Å². The van der Waals surface area contributed by atoms with Crippen molar-refractivity contribution in [1.29, 1.82) is 5.26 Å². The van der Waals surface area contributed by atoms with Crippen LogP contribution in [0.1, 0.15) is 13.8 Å². The zero-order valence-electron chi connectivity index (χ0n) is 14.0. The van der Waals surface area contributed by atoms with Crippen molar-refractivity contribution in [3.05, 3.63) is 24.4 Å². The van der Waals surface area contributed by atoms with E-state index in [9.17, 15) is 4.79 Å². The van der Waals surface area contributed by atoms with E-state index in [1.165, 1.54) is 0 Å². The number of hydrogen-bond donors (Lipinski definition) is 0. The van der Waals surface area contributed by atoms with Gasteiger partial charge in [-0.3, -0.25) is 9.69 Å². The van der Waals surface area contributed by atoms with Gasteiger partial charge in [0.25, 0.3) is 0 Å². The van der Waals surface area contributed by atoms with E-state index in [1.807, 2.05) is 32.0 Å². The molecule has 1 aliphatic heterocycles. The van der Waals surface area contributed by atoms with Gasteiger partial charge in [0.15, 0.2) is 0 Å². The maximum Gasteiger partial charge on any atom is 0.236 e. The number of nitrogens with zero attached hydrogens (tertiary/aromatic N) is 5. The fraction of sp³-hybridized carbons (Fsp3) is 0.588. The van der Waals surface area contributed by atoms with E-state index in [-0.39, 0.29) is 11.8 Å². The second kappa shape index (κ2) is 8.49. The Kier molecular flexibility index (Phi) is 6.36. The Morgan fingerprint density at radius 3 is 2.70 bits per heavy atom. The molecule has 1 aliphatic rings. The summed E-state index contributed by atoms with van der Waals surface area (Å²) in [5.41, 5.74) is 0. The van der Waals surface area contributed by atoms with E-state index in [2.05, 4.69) is 20.9 Å². The number of likely N-dealkylation sites (N-methyl/N-ethyl adjacent to an activating group) is 1. The normalized spacial score (nSPS) is 16.7. The Morgan fingerprint density at radius 1 is 1.39 bits per heavy atom. The SMILES string of the molecule is CCN(CC(C)C#N)C(=O)CN1CCN(c2ccccn2)CC1. The van der Waals surface area contributed by atoms with Crippen molar-refractivity contribution in [3.8, 4) is 6.07 Å². The van der Waals surface area contributed by atoms with Crippen molar-refractivity contribution >= 4 is 11.7 Å². The standard InChI is InChI=1S/C17H25N5O/c1-3-21(13-15(2)12-18)17(23)14-20-8-10-22(11-9-20)16-6-4-5-7-19-16/h4-7,15H,3,8-11,13-14H2,1-2H3. The number of hydrogen-bond acceptors (Lipinski definition) is 5. The summed E-state index contributed by atoms with van der Waals surface area (Å²) < 4.78 is 0. The third-order valence-electron chi connectivity index (χ3n) is 4.15. The van der Waals surface area contributed by atoms with Gasteiger partial charge < -0.3 is 9.80 Å². The molecule has 0 aromatic carbocycles. The molecular weight excluding hydrogens is 290 g/mol. The maximum absolute atomic E-state index is 12.4. The van der Waals surface area contributed by atoms with Crippen LogP contribution in [-0.4, -0.2) is 66.5 Å². The maximum atomic E-state index is 12.4. The molecule has 0 radical (unpaired) electrons. The molecule has 6 heteroatoms. The van der Waals surface area contributed by atoms with E-state index in [4.69, 9.17) is 5.26 Å². The second-order valence-corrected chi connectivity index (χ2v) is 5.91. The highest BCUT2D eigenvalue weighted by Crippen LogP contribution is 2.12. The van der Waals surface area contributed by atoms with E-state index in [1.54, 1.807) is 11.1 Å². The fourth-order valence-corrected chi connectivity index (χ4v) is 2.75. The lowest BCUT2D eigenvalue weighted by atomic mass is 10.2. The number of pyridine rings is 1. The van der Waals surface area contributed by atoms with Gasteiger partial charge in [-0.05, 0) is 26.0 Å². The first kappa shape index (κ1) is 17.2. The average Bonchev–Trinajstić information content (AvgIpc) is 2.60. The zero-order valence-corrected chi connectivity index (χ0v) is 14.0. The molecule has 2 heterocycles. The molecule has 0 aliphatic carbocycles. The van der Waals surface area contributed by atoms with Crippen LogP contribution in [0.3, 0.4) is 0 Å². The van der Waals surface area contributed by atoms with Crippen molar-refractivity contribution < 1.29 is 4.79 Å². The molecule has 2 rings (SSSR count). The topological polar surface area (TPSA) is 63.5 Å². The third kappa shape index (κ3) is 4.93. The van der Waals surface area contributed by atoms with Crippen LogP contribution in [0.25, 0.3) is 0 Å². The minimum Gasteiger partial charge on any atom is -0.354 e. The minimum absolute atomic E-state index is 0.112. The van der Waals surface area contributed by atoms with E-state index >= 15 is 0 Å². The van der Waals surface area contributed by atoms with Gasteiger partial charge in [-0.1, -0.05) is 6.07 Å². The summed E-state index contributed by atoms with van der Waals surface area (Å²) in [6.07, 6.45) is 1.81. The smallest absolute Gasteiger partial charge is 0.236 e. The molecule has 0 bridgehead atoms. The van der Waals surface area contributed by atoms with Crippen molar-refractivity contribution in [1.82, 2.24) is 14.8 Å². The van der Waals surface area contributed by atoms with E-state index in [0.717, 1.165) is 32.0 Å². The van der Waals surface area contributed by atoms with Gasteiger partial charge in [-0.2, -0.15) is 5.26 Å². The van der Waals surface area contributed by atoms with Gasteiger partial charge in [-0.15, -0.1) is 0 Å². The minimum atomic E-state index is -0.125. The Balaban J connectivity index is 1.81. The molecule has 1 atom stereocenters. The molecule has 0 saturated carbocycles. The summed E-state index contributed by atoms with van der Waals surface area (Å²) in [5, 5.41) is 8.91. The van der Waals surface area contributed by atoms with Gasteiger partial charge in [-0.25, -0.2) is 4.98 Å². The van der Waals surface area contributed by atoms with Gasteiger partial charge in [0.2, 0.25) is 5.91 Å². The first-order chi connectivity index (χ1) is 11.1. The van der Waals surface area contributed by atoms with Gasteiger partial charge >= 0.3 is 0 Å². The average molecular weight is 315 g/mol. The summed E-state index contributed by atoms with van der Waals surface area (Å²) in [6.45, 7) is 8.88. The van der Waals surface area contributed by atoms with Crippen LogP contribution < -0.4 is 4.90 Å². The fourth-order valence-electron chi connectivity index (χ4n) is 2.75. The summed E-state index contributed by atoms with van der Waals surface area (Å²) in [5.74, 6) is 0.984. The molecule has 124 valence electrons. The number of carbonyl (C=O) groups excluding carboxylic acids is 1. The molecule has 0 N–H and O–H groups in total. The lowest BCUT2D eigenvalue weighted by Gasteiger charge is -2.36. The molecule has 23 heavy (non-hydrogen) atoms. The first-order valence-electron chi connectivity index (χ1n) is 8.19. The Hall–Kier alpha value is -2.13. The Labute approximate surface area is 138 Å². The van der Waals surface area contributed by atoms with Gasteiger partial charge in [0.05, 0.1) is 18.5 Å². The highest BCUT2D eigenvalue weighted by Gasteiger charge is 2.22. The number of amides is 1. The van der Waals surface area contributed by atoms with Crippen LogP contribution >= 0.6 is 0 Å². The van der Waals surface area contributed by atoms with E-state index < -0.39 is 0 Å². The molecule has 6 nitrogen and oxygen atoms in total. The molecule has 1 aromatic rings. The van der Waals surface area contributed by atoms with Crippen LogP contribution in [0.2, 0.25) is 0 Å². The molecule has 0 spiro atoms. The highest BCUT2D eigenvalue weighted by atomic mass is 16.2. The molecule has 1 unspecified atom stereocenters. The summed E-state index contributed by atoms with van der Waals surface area (Å²) >= 11 is 0. The second-order valence-electron chi connectivity index (χ2n) is 5.91. The molecule has 1 aromatic heterocycles. The van der Waals surface area contributed by atoms with Gasteiger partial charge in [0, 0.05) is 45.5 Å². The summed E-state index contributed by atoms with van der Waals surface area (Å²) in [7, 11) is 0. The van der Waals surface area contributed by atoms with Crippen LogP contribution in [0.15, 0.2) is 24.4 Å². The Bertz CT molecular complexity index is 534. The van der Waals surface area contributed by atoms with Crippen molar-refractivity contribution in [2.24, 2.45) is 5.92 Å². The quantitative estimate of drug-likeness (QED) is 0.789.